The van der Waals surface area contributed by atoms with Gasteiger partial charge in [0.2, 0.25) is 5.89 Å². The van der Waals surface area contributed by atoms with Gasteiger partial charge in [0, 0.05) is 39.7 Å². The molecule has 0 fully saturated rings. The second-order valence-electron chi connectivity index (χ2n) is 8.16. The Morgan fingerprint density at radius 2 is 1.61 bits per heavy atom. The highest BCUT2D eigenvalue weighted by Gasteiger charge is 2.31. The van der Waals surface area contributed by atoms with E-state index in [0.717, 1.165) is 12.1 Å². The van der Waals surface area contributed by atoms with Crippen molar-refractivity contribution < 1.29 is 26.7 Å². The average Bonchev–Trinajstić information content (AvgIpc) is 3.27. The third-order valence-corrected chi connectivity index (χ3v) is 5.79. The minimum absolute atomic E-state index is 0.0886. The van der Waals surface area contributed by atoms with Gasteiger partial charge < -0.3 is 20.6 Å². The van der Waals surface area contributed by atoms with E-state index in [1.165, 1.54) is 19.2 Å². The van der Waals surface area contributed by atoms with Crippen LogP contribution < -0.4 is 16.2 Å². The molecule has 0 aliphatic carbocycles. The highest BCUT2D eigenvalue weighted by molar-refractivity contribution is 5.85. The van der Waals surface area contributed by atoms with E-state index in [4.69, 9.17) is 20.6 Å². The molecule has 0 amide bonds. The number of hydrogen-bond donors (Lipinski definition) is 2. The average molecular weight is 493 g/mol. The molecule has 4 N–H and O–H groups in total. The normalized spacial score (nSPS) is 11.7. The number of anilines is 2. The summed E-state index contributed by atoms with van der Waals surface area (Å²) in [6.07, 6.45) is -4.49. The molecule has 4 aromatic carbocycles. The van der Waals surface area contributed by atoms with Crippen molar-refractivity contribution in [3.8, 4) is 39.5 Å². The van der Waals surface area contributed by atoms with Crippen molar-refractivity contribution in [2.24, 2.45) is 0 Å². The van der Waals surface area contributed by atoms with Crippen molar-refractivity contribution in [1.29, 1.82) is 0 Å². The molecular formula is C27H19F4N3O2. The van der Waals surface area contributed by atoms with Crippen LogP contribution in [-0.2, 0) is 6.18 Å². The fourth-order valence-electron chi connectivity index (χ4n) is 4.03. The maximum Gasteiger partial charge on any atom is 0.416 e. The summed E-state index contributed by atoms with van der Waals surface area (Å²) in [5.41, 5.74) is 14.6. The number of nitrogens with zero attached hydrogens (tertiary/aromatic N) is 1. The van der Waals surface area contributed by atoms with Crippen molar-refractivity contribution in [3.05, 3.63) is 84.2 Å². The van der Waals surface area contributed by atoms with Gasteiger partial charge in [0.15, 0.2) is 5.58 Å². The Hall–Kier alpha value is -4.53. The predicted octanol–water partition coefficient (Wildman–Crippen LogP) is 7.16. The SMILES string of the molecule is COc1cc(F)c(-c2ccc(N)cc2N)cc1-c1cccc(-c2nc3cc(C(F)(F)F)ccc3o2)c1. The molecule has 1 aromatic heterocycles. The molecule has 5 aromatic rings. The number of benzene rings is 4. The Balaban J connectivity index is 1.61. The first-order chi connectivity index (χ1) is 17.1. The molecule has 5 rings (SSSR count). The van der Waals surface area contributed by atoms with Crippen LogP contribution >= 0.6 is 0 Å². The van der Waals surface area contributed by atoms with E-state index in [1.807, 2.05) is 0 Å². The standard InChI is InChI=1S/C27H19F4N3O2/c1-35-25-13-21(28)20(18-7-6-17(32)11-22(18)33)12-19(25)14-3-2-4-15(9-14)26-34-23-10-16(27(29,30)31)5-8-24(23)36-26/h2-13H,32-33H2,1H3. The van der Waals surface area contributed by atoms with Crippen LogP contribution in [0.25, 0.3) is 44.8 Å². The monoisotopic (exact) mass is 493 g/mol. The molecule has 0 aliphatic heterocycles. The smallest absolute Gasteiger partial charge is 0.416 e. The summed E-state index contributed by atoms with van der Waals surface area (Å²) in [6, 6.07) is 17.8. The van der Waals surface area contributed by atoms with E-state index in [2.05, 4.69) is 4.98 Å². The van der Waals surface area contributed by atoms with Crippen molar-refractivity contribution >= 4 is 22.5 Å². The summed E-state index contributed by atoms with van der Waals surface area (Å²) < 4.78 is 65.4. The largest absolute Gasteiger partial charge is 0.496 e. The minimum atomic E-state index is -4.49. The second kappa shape index (κ2) is 8.60. The third-order valence-electron chi connectivity index (χ3n) is 5.79. The lowest BCUT2D eigenvalue weighted by atomic mass is 9.95. The van der Waals surface area contributed by atoms with Crippen LogP contribution in [0.15, 0.2) is 77.2 Å². The van der Waals surface area contributed by atoms with Crippen LogP contribution in [-0.4, -0.2) is 12.1 Å². The van der Waals surface area contributed by atoms with Crippen molar-refractivity contribution in [3.63, 3.8) is 0 Å². The van der Waals surface area contributed by atoms with Gasteiger partial charge in [-0.05, 0) is 54.1 Å². The Kier molecular flexibility index (Phi) is 5.55. The molecule has 0 spiro atoms. The van der Waals surface area contributed by atoms with Crippen LogP contribution in [0.2, 0.25) is 0 Å². The second-order valence-corrected chi connectivity index (χ2v) is 8.16. The van der Waals surface area contributed by atoms with Gasteiger partial charge in [-0.25, -0.2) is 9.37 Å². The van der Waals surface area contributed by atoms with Gasteiger partial charge in [-0.1, -0.05) is 18.2 Å². The van der Waals surface area contributed by atoms with Gasteiger partial charge in [0.05, 0.1) is 12.7 Å². The summed E-state index contributed by atoms with van der Waals surface area (Å²) in [6.45, 7) is 0. The van der Waals surface area contributed by atoms with E-state index < -0.39 is 17.6 Å². The fourth-order valence-corrected chi connectivity index (χ4v) is 4.03. The third kappa shape index (κ3) is 4.19. The number of halogens is 4. The number of ether oxygens (including phenoxy) is 1. The molecule has 0 aliphatic rings. The lowest BCUT2D eigenvalue weighted by Gasteiger charge is -2.14. The Morgan fingerprint density at radius 3 is 2.33 bits per heavy atom. The van der Waals surface area contributed by atoms with Crippen molar-refractivity contribution in [2.75, 3.05) is 18.6 Å². The van der Waals surface area contributed by atoms with Crippen LogP contribution in [0, 0.1) is 5.82 Å². The summed E-state index contributed by atoms with van der Waals surface area (Å²) >= 11 is 0. The quantitative estimate of drug-likeness (QED) is 0.205. The number of aromatic nitrogens is 1. The van der Waals surface area contributed by atoms with Crippen LogP contribution in [0.3, 0.4) is 0 Å². The van der Waals surface area contributed by atoms with Crippen LogP contribution in [0.5, 0.6) is 5.75 Å². The lowest BCUT2D eigenvalue weighted by molar-refractivity contribution is -0.137. The van der Waals surface area contributed by atoms with Crippen LogP contribution in [0.4, 0.5) is 28.9 Å². The molecule has 0 bridgehead atoms. The molecule has 1 heterocycles. The lowest BCUT2D eigenvalue weighted by Crippen LogP contribution is -2.03. The first-order valence-corrected chi connectivity index (χ1v) is 10.8. The molecule has 9 heteroatoms. The zero-order valence-corrected chi connectivity index (χ0v) is 18.9. The maximum atomic E-state index is 15.0. The van der Waals surface area contributed by atoms with Gasteiger partial charge >= 0.3 is 6.18 Å². The fraction of sp³-hybridized carbons (Fsp3) is 0.0741. The molecule has 5 nitrogen and oxygen atoms in total. The first kappa shape index (κ1) is 23.2. The van der Waals surface area contributed by atoms with Gasteiger partial charge in [0.1, 0.15) is 17.1 Å². The number of fused-ring (bicyclic) bond motifs is 1. The minimum Gasteiger partial charge on any atom is -0.496 e. The van der Waals surface area contributed by atoms with Gasteiger partial charge in [-0.2, -0.15) is 13.2 Å². The number of nitrogen functional groups attached to an aromatic ring is 2. The van der Waals surface area contributed by atoms with Crippen molar-refractivity contribution in [2.45, 2.75) is 6.18 Å². The summed E-state index contributed by atoms with van der Waals surface area (Å²) in [5.74, 6) is -0.0901. The highest BCUT2D eigenvalue weighted by Crippen LogP contribution is 2.40. The summed E-state index contributed by atoms with van der Waals surface area (Å²) in [4.78, 5) is 4.25. The molecule has 0 radical (unpaired) electrons. The van der Waals surface area contributed by atoms with E-state index in [1.54, 1.807) is 48.5 Å². The van der Waals surface area contributed by atoms with Gasteiger partial charge in [-0.3, -0.25) is 0 Å². The Labute approximate surface area is 202 Å². The molecule has 182 valence electrons. The zero-order valence-electron chi connectivity index (χ0n) is 18.9. The van der Waals surface area contributed by atoms with E-state index >= 15 is 4.39 Å². The predicted molar refractivity (Wildman–Crippen MR) is 131 cm³/mol. The molecule has 0 saturated carbocycles. The molecule has 0 atom stereocenters. The molecule has 0 saturated heterocycles. The van der Waals surface area contributed by atoms with Gasteiger partial charge in [-0.15, -0.1) is 0 Å². The summed E-state index contributed by atoms with van der Waals surface area (Å²) in [7, 11) is 1.43. The molecule has 36 heavy (non-hydrogen) atoms. The number of methoxy groups -OCH3 is 1. The maximum absolute atomic E-state index is 15.0. The Bertz CT molecular complexity index is 1610. The summed E-state index contributed by atoms with van der Waals surface area (Å²) in [5, 5.41) is 0. The molecule has 0 unspecified atom stereocenters. The van der Waals surface area contributed by atoms with E-state index in [9.17, 15) is 13.2 Å². The molecular weight excluding hydrogens is 474 g/mol. The number of hydrogen-bond acceptors (Lipinski definition) is 5. The first-order valence-electron chi connectivity index (χ1n) is 10.8. The van der Waals surface area contributed by atoms with Gasteiger partial charge in [0.25, 0.3) is 0 Å². The number of oxazole rings is 1. The highest BCUT2D eigenvalue weighted by atomic mass is 19.4. The zero-order chi connectivity index (χ0) is 25.6. The van der Waals surface area contributed by atoms with Crippen LogP contribution in [0.1, 0.15) is 5.56 Å². The number of nitrogens with two attached hydrogens (primary N) is 2. The Morgan fingerprint density at radius 1 is 0.833 bits per heavy atom. The van der Waals surface area contributed by atoms with E-state index in [0.29, 0.717) is 33.6 Å². The number of alkyl halides is 3. The topological polar surface area (TPSA) is 87.3 Å². The van der Waals surface area contributed by atoms with Crippen molar-refractivity contribution in [1.82, 2.24) is 4.98 Å². The van der Waals surface area contributed by atoms with E-state index in [-0.39, 0.29) is 28.3 Å². The number of rotatable bonds is 4.